The van der Waals surface area contributed by atoms with Gasteiger partial charge < -0.3 is 9.88 Å². The molecule has 2 aromatic heterocycles. The van der Waals surface area contributed by atoms with E-state index in [1.165, 1.54) is 4.88 Å². The van der Waals surface area contributed by atoms with Crippen molar-refractivity contribution in [2.45, 2.75) is 26.6 Å². The van der Waals surface area contributed by atoms with Crippen molar-refractivity contribution in [2.75, 3.05) is 0 Å². The van der Waals surface area contributed by atoms with Gasteiger partial charge in [-0.15, -0.1) is 11.3 Å². The molecular weight excluding hydrogens is 206 g/mol. The number of thiophene rings is 1. The highest BCUT2D eigenvalue weighted by molar-refractivity contribution is 7.09. The normalized spacial score (nSPS) is 10.7. The van der Waals surface area contributed by atoms with Crippen LogP contribution in [0.1, 0.15) is 17.6 Å². The number of nitrogens with one attached hydrogen (secondary N) is 1. The predicted octanol–water partition coefficient (Wildman–Crippen LogP) is 2.25. The Kier molecular flexibility index (Phi) is 3.53. The number of hydrogen-bond acceptors (Lipinski definition) is 3. The Morgan fingerprint density at radius 1 is 1.47 bits per heavy atom. The van der Waals surface area contributed by atoms with E-state index in [9.17, 15) is 0 Å². The molecule has 0 aliphatic carbocycles. The fraction of sp³-hybridized carbons (Fsp3) is 0.364. The van der Waals surface area contributed by atoms with Gasteiger partial charge in [-0.2, -0.15) is 0 Å². The fourth-order valence-electron chi connectivity index (χ4n) is 1.51. The first-order chi connectivity index (χ1) is 7.40. The van der Waals surface area contributed by atoms with Crippen LogP contribution in [0.2, 0.25) is 0 Å². The first-order valence-electron chi connectivity index (χ1n) is 5.13. The van der Waals surface area contributed by atoms with Gasteiger partial charge in [0.15, 0.2) is 0 Å². The zero-order chi connectivity index (χ0) is 10.5. The highest BCUT2D eigenvalue weighted by Gasteiger charge is 2.00. The lowest BCUT2D eigenvalue weighted by atomic mass is 10.4. The van der Waals surface area contributed by atoms with Gasteiger partial charge in [-0.3, -0.25) is 0 Å². The maximum absolute atomic E-state index is 4.31. The first kappa shape index (κ1) is 10.4. The van der Waals surface area contributed by atoms with Crippen LogP contribution in [0.4, 0.5) is 0 Å². The van der Waals surface area contributed by atoms with Crippen molar-refractivity contribution >= 4 is 11.3 Å². The van der Waals surface area contributed by atoms with Crippen molar-refractivity contribution < 1.29 is 0 Å². The molecule has 3 nitrogen and oxygen atoms in total. The highest BCUT2D eigenvalue weighted by atomic mass is 32.1. The molecule has 0 aliphatic rings. The van der Waals surface area contributed by atoms with Crippen LogP contribution in [0.3, 0.4) is 0 Å². The minimum absolute atomic E-state index is 0.832. The lowest BCUT2D eigenvalue weighted by Crippen LogP contribution is -2.15. The molecule has 2 aromatic rings. The summed E-state index contributed by atoms with van der Waals surface area (Å²) >= 11 is 1.78. The van der Waals surface area contributed by atoms with Crippen molar-refractivity contribution in [3.05, 3.63) is 40.6 Å². The van der Waals surface area contributed by atoms with Gasteiger partial charge in [0.1, 0.15) is 5.82 Å². The van der Waals surface area contributed by atoms with Crippen molar-refractivity contribution in [3.8, 4) is 0 Å². The van der Waals surface area contributed by atoms with Crippen LogP contribution in [0.5, 0.6) is 0 Å². The van der Waals surface area contributed by atoms with Crippen molar-refractivity contribution in [1.82, 2.24) is 14.9 Å². The highest BCUT2D eigenvalue weighted by Crippen LogP contribution is 2.07. The zero-order valence-corrected chi connectivity index (χ0v) is 9.63. The molecular formula is C11H15N3S. The summed E-state index contributed by atoms with van der Waals surface area (Å²) in [7, 11) is 0. The van der Waals surface area contributed by atoms with Gasteiger partial charge in [0.05, 0.1) is 6.54 Å². The molecule has 80 valence electrons. The van der Waals surface area contributed by atoms with E-state index in [1.54, 1.807) is 11.3 Å². The summed E-state index contributed by atoms with van der Waals surface area (Å²) in [6.45, 7) is 4.87. The molecule has 0 bridgehead atoms. The van der Waals surface area contributed by atoms with Crippen LogP contribution in [0, 0.1) is 0 Å². The standard InChI is InChI=1S/C11H15N3S/c1-2-14-6-5-13-11(14)9-12-8-10-4-3-7-15-10/h3-7,12H,2,8-9H2,1H3. The van der Waals surface area contributed by atoms with E-state index in [2.05, 4.69) is 39.3 Å². The topological polar surface area (TPSA) is 29.9 Å². The number of nitrogens with zero attached hydrogens (tertiary/aromatic N) is 2. The minimum Gasteiger partial charge on any atom is -0.334 e. The third-order valence-corrected chi connectivity index (χ3v) is 3.18. The lowest BCUT2D eigenvalue weighted by Gasteiger charge is -2.05. The Morgan fingerprint density at radius 3 is 3.13 bits per heavy atom. The maximum atomic E-state index is 4.31. The van der Waals surface area contributed by atoms with Crippen LogP contribution in [-0.4, -0.2) is 9.55 Å². The maximum Gasteiger partial charge on any atom is 0.122 e. The smallest absolute Gasteiger partial charge is 0.122 e. The molecule has 4 heteroatoms. The molecule has 0 fully saturated rings. The molecule has 0 saturated carbocycles. The Bertz CT molecular complexity index is 392. The van der Waals surface area contributed by atoms with E-state index in [0.717, 1.165) is 25.5 Å². The Hall–Kier alpha value is -1.13. The lowest BCUT2D eigenvalue weighted by molar-refractivity contribution is 0.616. The van der Waals surface area contributed by atoms with Crippen molar-refractivity contribution in [1.29, 1.82) is 0 Å². The second-order valence-electron chi connectivity index (χ2n) is 3.31. The Labute approximate surface area is 93.8 Å². The molecule has 2 heterocycles. The van der Waals surface area contributed by atoms with Crippen LogP contribution < -0.4 is 5.32 Å². The zero-order valence-electron chi connectivity index (χ0n) is 8.81. The molecule has 0 aliphatic heterocycles. The van der Waals surface area contributed by atoms with Crippen LogP contribution >= 0.6 is 11.3 Å². The average Bonchev–Trinajstić information content (AvgIpc) is 2.88. The summed E-state index contributed by atoms with van der Waals surface area (Å²) in [6, 6.07) is 4.22. The number of aryl methyl sites for hydroxylation is 1. The first-order valence-corrected chi connectivity index (χ1v) is 6.01. The van der Waals surface area contributed by atoms with E-state index in [4.69, 9.17) is 0 Å². The second-order valence-corrected chi connectivity index (χ2v) is 4.34. The third kappa shape index (κ3) is 2.67. The molecule has 0 atom stereocenters. The summed E-state index contributed by atoms with van der Waals surface area (Å²) in [6.07, 6.45) is 3.87. The molecule has 2 rings (SSSR count). The molecule has 0 radical (unpaired) electrons. The molecule has 0 amide bonds. The van der Waals surface area contributed by atoms with Gasteiger partial charge in [0, 0.05) is 30.4 Å². The second kappa shape index (κ2) is 5.09. The Morgan fingerprint density at radius 2 is 2.40 bits per heavy atom. The molecule has 15 heavy (non-hydrogen) atoms. The van der Waals surface area contributed by atoms with Gasteiger partial charge in [0.2, 0.25) is 0 Å². The Balaban J connectivity index is 1.83. The van der Waals surface area contributed by atoms with Crippen molar-refractivity contribution in [3.63, 3.8) is 0 Å². The number of imidazole rings is 1. The van der Waals surface area contributed by atoms with E-state index < -0.39 is 0 Å². The molecule has 1 N–H and O–H groups in total. The van der Waals surface area contributed by atoms with Gasteiger partial charge >= 0.3 is 0 Å². The molecule has 0 unspecified atom stereocenters. The summed E-state index contributed by atoms with van der Waals surface area (Å²) in [5.74, 6) is 1.11. The number of rotatable bonds is 5. The van der Waals surface area contributed by atoms with E-state index in [-0.39, 0.29) is 0 Å². The quantitative estimate of drug-likeness (QED) is 0.839. The van der Waals surface area contributed by atoms with Crippen molar-refractivity contribution in [2.24, 2.45) is 0 Å². The van der Waals surface area contributed by atoms with Crippen LogP contribution in [0.25, 0.3) is 0 Å². The van der Waals surface area contributed by atoms with Gasteiger partial charge in [-0.1, -0.05) is 6.07 Å². The molecule has 0 saturated heterocycles. The molecule has 0 aromatic carbocycles. The third-order valence-electron chi connectivity index (χ3n) is 2.30. The van der Waals surface area contributed by atoms with Gasteiger partial charge in [-0.25, -0.2) is 4.98 Å². The molecule has 0 spiro atoms. The summed E-state index contributed by atoms with van der Waals surface area (Å²) in [5, 5.41) is 5.49. The number of aromatic nitrogens is 2. The van der Waals surface area contributed by atoms with E-state index in [0.29, 0.717) is 0 Å². The minimum atomic E-state index is 0.832. The van der Waals surface area contributed by atoms with Gasteiger partial charge in [0.25, 0.3) is 0 Å². The van der Waals surface area contributed by atoms with Gasteiger partial charge in [-0.05, 0) is 18.4 Å². The number of hydrogen-bond donors (Lipinski definition) is 1. The fourth-order valence-corrected chi connectivity index (χ4v) is 2.18. The average molecular weight is 221 g/mol. The van der Waals surface area contributed by atoms with Crippen LogP contribution in [0.15, 0.2) is 29.9 Å². The van der Waals surface area contributed by atoms with Crippen LogP contribution in [-0.2, 0) is 19.6 Å². The van der Waals surface area contributed by atoms with E-state index >= 15 is 0 Å². The van der Waals surface area contributed by atoms with E-state index in [1.807, 2.05) is 12.4 Å². The summed E-state index contributed by atoms with van der Waals surface area (Å²) < 4.78 is 2.15. The largest absolute Gasteiger partial charge is 0.334 e. The monoisotopic (exact) mass is 221 g/mol. The SMILES string of the molecule is CCn1ccnc1CNCc1cccs1. The predicted molar refractivity (Wildman–Crippen MR) is 62.8 cm³/mol. The summed E-state index contributed by atoms with van der Waals surface area (Å²) in [5.41, 5.74) is 0. The summed E-state index contributed by atoms with van der Waals surface area (Å²) in [4.78, 5) is 5.68.